The molecule has 0 fully saturated rings. The Hall–Kier alpha value is -2.75. The summed E-state index contributed by atoms with van der Waals surface area (Å²) in [4.78, 5) is 15.7. The first-order valence-corrected chi connectivity index (χ1v) is 9.57. The molecular formula is C17H16ClN3O5S. The minimum atomic E-state index is -3.83. The maximum Gasteiger partial charge on any atom is 0.326 e. The lowest BCUT2D eigenvalue weighted by atomic mass is 10.3. The van der Waals surface area contributed by atoms with E-state index in [1.807, 2.05) is 0 Å². The van der Waals surface area contributed by atoms with Gasteiger partial charge in [-0.15, -0.1) is 0 Å². The molecule has 0 aliphatic carbocycles. The monoisotopic (exact) mass is 409 g/mol. The number of hydrogen-bond acceptors (Lipinski definition) is 5. The van der Waals surface area contributed by atoms with E-state index >= 15 is 0 Å². The van der Waals surface area contributed by atoms with Crippen LogP contribution in [0.5, 0.6) is 17.4 Å². The van der Waals surface area contributed by atoms with Crippen LogP contribution in [0.4, 0.5) is 0 Å². The highest BCUT2D eigenvalue weighted by Gasteiger charge is 2.23. The molecule has 0 saturated carbocycles. The predicted molar refractivity (Wildman–Crippen MR) is 99.7 cm³/mol. The quantitative estimate of drug-likeness (QED) is 0.578. The van der Waals surface area contributed by atoms with E-state index in [-0.39, 0.29) is 17.1 Å². The number of benzene rings is 2. The molecule has 0 amide bonds. The molecule has 8 nitrogen and oxygen atoms in total. The van der Waals surface area contributed by atoms with E-state index < -0.39 is 21.6 Å². The van der Waals surface area contributed by atoms with Gasteiger partial charge in [-0.05, 0) is 48.5 Å². The van der Waals surface area contributed by atoms with Crippen LogP contribution in [0.3, 0.4) is 0 Å². The number of sulfonamides is 1. The van der Waals surface area contributed by atoms with Crippen LogP contribution in [-0.2, 0) is 16.6 Å². The highest BCUT2D eigenvalue weighted by molar-refractivity contribution is 7.89. The lowest BCUT2D eigenvalue weighted by Crippen LogP contribution is -2.26. The minimum Gasteiger partial charge on any atom is -0.493 e. The van der Waals surface area contributed by atoms with Gasteiger partial charge < -0.3 is 14.8 Å². The summed E-state index contributed by atoms with van der Waals surface area (Å²) >= 11 is 5.82. The Labute approximate surface area is 160 Å². The van der Waals surface area contributed by atoms with Gasteiger partial charge in [0.05, 0.1) is 17.1 Å². The van der Waals surface area contributed by atoms with Crippen molar-refractivity contribution in [3.05, 3.63) is 69.7 Å². The summed E-state index contributed by atoms with van der Waals surface area (Å²) < 4.78 is 31.9. The zero-order valence-electron chi connectivity index (χ0n) is 14.1. The Morgan fingerprint density at radius 1 is 1.04 bits per heavy atom. The molecule has 1 heterocycles. The summed E-state index contributed by atoms with van der Waals surface area (Å²) in [6.45, 7) is -0.198. The van der Waals surface area contributed by atoms with Gasteiger partial charge in [0, 0.05) is 12.1 Å². The fourth-order valence-corrected chi connectivity index (χ4v) is 3.60. The van der Waals surface area contributed by atoms with E-state index in [1.54, 1.807) is 24.3 Å². The standard InChI is InChI=1S/C17H16ClN3O5S/c1-21(10-15-16(22)20-17(23)19-15)27(24,25)14-8-6-13(7-9-14)26-12-4-2-11(18)3-5-12/h2-9,22H,10H2,1H3,(H2,19,20,23). The van der Waals surface area contributed by atoms with Crippen LogP contribution < -0.4 is 10.4 Å². The highest BCUT2D eigenvalue weighted by atomic mass is 35.5. The molecule has 0 atom stereocenters. The Morgan fingerprint density at radius 3 is 2.11 bits per heavy atom. The van der Waals surface area contributed by atoms with Gasteiger partial charge in [0.1, 0.15) is 11.5 Å². The normalized spacial score (nSPS) is 11.7. The molecule has 0 spiro atoms. The molecule has 3 aromatic rings. The van der Waals surface area contributed by atoms with Crippen molar-refractivity contribution in [1.29, 1.82) is 0 Å². The lowest BCUT2D eigenvalue weighted by molar-refractivity contribution is 0.423. The molecule has 3 N–H and O–H groups in total. The van der Waals surface area contributed by atoms with E-state index in [0.29, 0.717) is 16.5 Å². The van der Waals surface area contributed by atoms with Crippen molar-refractivity contribution >= 4 is 21.6 Å². The van der Waals surface area contributed by atoms with Crippen LogP contribution in [-0.4, -0.2) is 34.8 Å². The average Bonchev–Trinajstić information content (AvgIpc) is 2.94. The molecule has 27 heavy (non-hydrogen) atoms. The second-order valence-corrected chi connectivity index (χ2v) is 8.18. The van der Waals surface area contributed by atoms with Crippen LogP contribution in [0.1, 0.15) is 5.69 Å². The zero-order valence-corrected chi connectivity index (χ0v) is 15.7. The largest absolute Gasteiger partial charge is 0.493 e. The van der Waals surface area contributed by atoms with E-state index in [1.165, 1.54) is 31.3 Å². The van der Waals surface area contributed by atoms with Crippen molar-refractivity contribution in [2.24, 2.45) is 0 Å². The molecule has 0 unspecified atom stereocenters. The van der Waals surface area contributed by atoms with Crippen LogP contribution in [0.25, 0.3) is 0 Å². The van der Waals surface area contributed by atoms with Crippen molar-refractivity contribution in [3.63, 3.8) is 0 Å². The summed E-state index contributed by atoms with van der Waals surface area (Å²) in [6, 6.07) is 12.7. The van der Waals surface area contributed by atoms with Gasteiger partial charge in [0.15, 0.2) is 0 Å². The third-order valence-corrected chi connectivity index (χ3v) is 5.81. The van der Waals surface area contributed by atoms with Gasteiger partial charge in [-0.2, -0.15) is 4.31 Å². The maximum atomic E-state index is 12.6. The smallest absolute Gasteiger partial charge is 0.326 e. The summed E-state index contributed by atoms with van der Waals surface area (Å²) in [5, 5.41) is 10.2. The lowest BCUT2D eigenvalue weighted by Gasteiger charge is -2.16. The van der Waals surface area contributed by atoms with Crippen molar-refractivity contribution in [2.75, 3.05) is 7.05 Å². The first kappa shape index (κ1) is 19.0. The topological polar surface area (TPSA) is 115 Å². The third-order valence-electron chi connectivity index (χ3n) is 3.74. The fourth-order valence-electron chi connectivity index (χ4n) is 2.33. The number of hydrogen-bond donors (Lipinski definition) is 3. The van der Waals surface area contributed by atoms with Gasteiger partial charge in [0.25, 0.3) is 0 Å². The number of aromatic amines is 2. The van der Waals surface area contributed by atoms with E-state index in [4.69, 9.17) is 16.3 Å². The first-order valence-electron chi connectivity index (χ1n) is 7.75. The van der Waals surface area contributed by atoms with Gasteiger partial charge >= 0.3 is 5.69 Å². The number of rotatable bonds is 6. The van der Waals surface area contributed by atoms with Gasteiger partial charge in [0.2, 0.25) is 15.9 Å². The Balaban J connectivity index is 1.75. The molecule has 0 radical (unpaired) electrons. The molecule has 0 saturated heterocycles. The second kappa shape index (κ2) is 7.47. The zero-order chi connectivity index (χ0) is 19.6. The van der Waals surface area contributed by atoms with Crippen molar-refractivity contribution in [2.45, 2.75) is 11.4 Å². The van der Waals surface area contributed by atoms with Crippen LogP contribution in [0.2, 0.25) is 5.02 Å². The summed E-state index contributed by atoms with van der Waals surface area (Å²) in [5.74, 6) is 0.638. The molecule has 0 aliphatic rings. The van der Waals surface area contributed by atoms with Crippen LogP contribution in [0, 0.1) is 0 Å². The maximum absolute atomic E-state index is 12.6. The summed E-state index contributed by atoms with van der Waals surface area (Å²) in [6.07, 6.45) is 0. The molecule has 0 bridgehead atoms. The van der Waals surface area contributed by atoms with Gasteiger partial charge in [-0.1, -0.05) is 11.6 Å². The molecule has 0 aliphatic heterocycles. The number of aromatic hydroxyl groups is 1. The van der Waals surface area contributed by atoms with Crippen LogP contribution in [0.15, 0.2) is 58.2 Å². The number of ether oxygens (including phenoxy) is 1. The van der Waals surface area contributed by atoms with E-state index in [2.05, 4.69) is 9.97 Å². The molecule has 2 aromatic carbocycles. The fraction of sp³-hybridized carbons (Fsp3) is 0.118. The summed E-state index contributed by atoms with van der Waals surface area (Å²) in [7, 11) is -2.48. The van der Waals surface area contributed by atoms with Gasteiger partial charge in [-0.3, -0.25) is 4.98 Å². The number of nitrogens with one attached hydrogen (secondary N) is 2. The average molecular weight is 410 g/mol. The van der Waals surface area contributed by atoms with Crippen molar-refractivity contribution in [3.8, 4) is 17.4 Å². The van der Waals surface area contributed by atoms with Crippen molar-refractivity contribution < 1.29 is 18.3 Å². The third kappa shape index (κ3) is 4.33. The number of nitrogens with zero attached hydrogens (tertiary/aromatic N) is 1. The van der Waals surface area contributed by atoms with Crippen molar-refractivity contribution in [1.82, 2.24) is 14.3 Å². The number of H-pyrrole nitrogens is 2. The summed E-state index contributed by atoms with van der Waals surface area (Å²) in [5.41, 5.74) is -0.536. The van der Waals surface area contributed by atoms with E-state index in [9.17, 15) is 18.3 Å². The SMILES string of the molecule is CN(Cc1[nH]c(=O)[nH]c1O)S(=O)(=O)c1ccc(Oc2ccc(Cl)cc2)cc1. The van der Waals surface area contributed by atoms with Crippen LogP contribution >= 0.6 is 11.6 Å². The van der Waals surface area contributed by atoms with E-state index in [0.717, 1.165) is 4.31 Å². The Kier molecular flexibility index (Phi) is 5.26. The number of aromatic nitrogens is 2. The Bertz CT molecular complexity index is 1090. The molecular weight excluding hydrogens is 394 g/mol. The molecule has 3 rings (SSSR count). The number of imidazole rings is 1. The second-order valence-electron chi connectivity index (χ2n) is 5.69. The first-order chi connectivity index (χ1) is 12.8. The minimum absolute atomic E-state index is 0.0471. The predicted octanol–water partition coefficient (Wildman–Crippen LogP) is 2.68. The van der Waals surface area contributed by atoms with Gasteiger partial charge in [-0.25, -0.2) is 13.2 Å². The Morgan fingerprint density at radius 2 is 1.59 bits per heavy atom. The molecule has 10 heteroatoms. The molecule has 142 valence electrons. The molecule has 1 aromatic heterocycles. The highest BCUT2D eigenvalue weighted by Crippen LogP contribution is 2.25. The number of halogens is 1.